The van der Waals surface area contributed by atoms with Gasteiger partial charge in [-0.05, 0) is 39.1 Å². The fraction of sp³-hybridized carbons (Fsp3) is 0.480. The number of carbonyl (C=O) groups excluding carboxylic acids is 4. The van der Waals surface area contributed by atoms with Gasteiger partial charge < -0.3 is 15.0 Å². The summed E-state index contributed by atoms with van der Waals surface area (Å²) in [7, 11) is 3.55. The summed E-state index contributed by atoms with van der Waals surface area (Å²) in [5, 5.41) is 2.98. The highest BCUT2D eigenvalue weighted by atomic mass is 19.4. The molecular weight excluding hydrogens is 493 g/mol. The number of carbonyl (C=O) groups is 4. The number of rotatable bonds is 13. The van der Waals surface area contributed by atoms with E-state index in [2.05, 4.69) is 20.0 Å². The summed E-state index contributed by atoms with van der Waals surface area (Å²) < 4.78 is 41.1. The Labute approximate surface area is 212 Å². The molecule has 1 amide bonds. The van der Waals surface area contributed by atoms with Crippen LogP contribution in [0.15, 0.2) is 30.5 Å². The van der Waals surface area contributed by atoms with Crippen LogP contribution in [0.3, 0.4) is 0 Å². The maximum atomic E-state index is 12.4. The van der Waals surface area contributed by atoms with E-state index in [1.54, 1.807) is 31.3 Å². The first-order valence-electron chi connectivity index (χ1n) is 11.9. The van der Waals surface area contributed by atoms with Crippen LogP contribution in [-0.2, 0) is 19.1 Å². The summed E-state index contributed by atoms with van der Waals surface area (Å²) in [6.45, 7) is 2.02. The number of benzene rings is 1. The number of hydrogen-bond donors (Lipinski definition) is 2. The lowest BCUT2D eigenvalue weighted by Gasteiger charge is -2.16. The number of nitrogens with one attached hydrogen (secondary N) is 3. The second-order valence-electron chi connectivity index (χ2n) is 8.85. The lowest BCUT2D eigenvalue weighted by molar-refractivity contribution is -0.391. The smallest absolute Gasteiger partial charge is 0.383 e. The lowest BCUT2D eigenvalue weighted by atomic mass is 10.0. The van der Waals surface area contributed by atoms with Gasteiger partial charge in [-0.25, -0.2) is 19.6 Å². The van der Waals surface area contributed by atoms with Gasteiger partial charge in [-0.3, -0.25) is 9.59 Å². The number of aromatic nitrogens is 2. The highest BCUT2D eigenvalue weighted by molar-refractivity contribution is 5.98. The van der Waals surface area contributed by atoms with Crippen molar-refractivity contribution in [2.24, 2.45) is 0 Å². The number of likely N-dealkylation sites (N-methyl/N-ethyl adjacent to an activating group) is 1. The summed E-state index contributed by atoms with van der Waals surface area (Å²) in [6.07, 6.45) is 0.314. The van der Waals surface area contributed by atoms with Crippen molar-refractivity contribution >= 4 is 23.6 Å². The number of esters is 2. The third kappa shape index (κ3) is 9.79. The van der Waals surface area contributed by atoms with Crippen molar-refractivity contribution in [3.63, 3.8) is 0 Å². The number of alkyl halides is 3. The monoisotopic (exact) mass is 525 g/mol. The zero-order valence-electron chi connectivity index (χ0n) is 21.0. The molecule has 0 saturated heterocycles. The van der Waals surface area contributed by atoms with Crippen LogP contribution in [0, 0.1) is 0 Å². The van der Waals surface area contributed by atoms with Crippen LogP contribution in [0.4, 0.5) is 13.2 Å². The molecule has 37 heavy (non-hydrogen) atoms. The van der Waals surface area contributed by atoms with Gasteiger partial charge in [0.2, 0.25) is 5.91 Å². The number of unbranched alkanes of at least 4 members (excludes halogenated alkanes) is 2. The molecule has 0 aliphatic heterocycles. The second-order valence-corrected chi connectivity index (χ2v) is 8.85. The van der Waals surface area contributed by atoms with Gasteiger partial charge in [0.05, 0.1) is 12.1 Å². The molecule has 1 heterocycles. The number of nitrogens with zero attached hydrogens (tertiary/aromatic N) is 1. The van der Waals surface area contributed by atoms with E-state index in [-0.39, 0.29) is 29.8 Å². The molecule has 0 aliphatic carbocycles. The molecule has 0 bridgehead atoms. The second kappa shape index (κ2) is 13.7. The minimum Gasteiger partial charge on any atom is -0.383 e. The first-order valence-corrected chi connectivity index (χ1v) is 11.9. The van der Waals surface area contributed by atoms with E-state index in [9.17, 15) is 32.3 Å². The van der Waals surface area contributed by atoms with E-state index >= 15 is 0 Å². The Balaban J connectivity index is 2.15. The zero-order valence-corrected chi connectivity index (χ0v) is 21.0. The largest absolute Gasteiger partial charge is 0.491 e. The van der Waals surface area contributed by atoms with Crippen molar-refractivity contribution in [2.75, 3.05) is 20.6 Å². The highest BCUT2D eigenvalue weighted by Crippen LogP contribution is 2.23. The number of imidazole rings is 1. The van der Waals surface area contributed by atoms with Crippen LogP contribution in [0.2, 0.25) is 0 Å². The fourth-order valence-corrected chi connectivity index (χ4v) is 3.57. The van der Waals surface area contributed by atoms with E-state index in [1.165, 1.54) is 18.2 Å². The van der Waals surface area contributed by atoms with Gasteiger partial charge in [0.1, 0.15) is 18.0 Å². The van der Waals surface area contributed by atoms with Gasteiger partial charge >= 0.3 is 18.1 Å². The van der Waals surface area contributed by atoms with E-state index in [4.69, 9.17) is 0 Å². The first kappa shape index (κ1) is 29.7. The lowest BCUT2D eigenvalue weighted by Crippen LogP contribution is -2.37. The normalized spacial score (nSPS) is 12.3. The molecule has 1 aromatic heterocycles. The number of aromatic amines is 2. The van der Waals surface area contributed by atoms with Crippen molar-refractivity contribution in [3.8, 4) is 11.3 Å². The molecule has 202 valence electrons. The number of Topliss-reactive ketones (excluding diaryl/α,β-unsaturated/α-hetero) is 1. The van der Waals surface area contributed by atoms with Crippen LogP contribution in [0.25, 0.3) is 11.3 Å². The van der Waals surface area contributed by atoms with Gasteiger partial charge in [-0.15, -0.1) is 0 Å². The van der Waals surface area contributed by atoms with Crippen molar-refractivity contribution in [2.45, 2.75) is 57.7 Å². The SMILES string of the molecule is CCC(=O)CCCCC[C@H](NC(=O)CN(C)C)c1[nH]c(-c2cccc(C(=O)OC(=O)C(F)(F)F)c2)c[nH+]1. The Morgan fingerprint density at radius 2 is 1.86 bits per heavy atom. The summed E-state index contributed by atoms with van der Waals surface area (Å²) in [5.41, 5.74) is 0.726. The number of hydrogen-bond acceptors (Lipinski definition) is 6. The summed E-state index contributed by atoms with van der Waals surface area (Å²) >= 11 is 0. The average Bonchev–Trinajstić information content (AvgIpc) is 3.32. The van der Waals surface area contributed by atoms with Gasteiger partial charge in [-0.2, -0.15) is 13.2 Å². The maximum absolute atomic E-state index is 12.4. The molecule has 2 aromatic rings. The molecule has 0 spiro atoms. The van der Waals surface area contributed by atoms with Crippen LogP contribution in [0.5, 0.6) is 0 Å². The summed E-state index contributed by atoms with van der Waals surface area (Å²) in [4.78, 5) is 54.9. The predicted octanol–water partition coefficient (Wildman–Crippen LogP) is 3.39. The van der Waals surface area contributed by atoms with E-state index < -0.39 is 18.1 Å². The minimum absolute atomic E-state index is 0.181. The van der Waals surface area contributed by atoms with Crippen molar-refractivity contribution in [3.05, 3.63) is 41.9 Å². The van der Waals surface area contributed by atoms with Crippen LogP contribution >= 0.6 is 0 Å². The van der Waals surface area contributed by atoms with Gasteiger partial charge in [0.25, 0.3) is 5.82 Å². The van der Waals surface area contributed by atoms with Crippen molar-refractivity contribution in [1.29, 1.82) is 0 Å². The number of halogens is 3. The van der Waals surface area contributed by atoms with Gasteiger partial charge in [0, 0.05) is 18.4 Å². The van der Waals surface area contributed by atoms with Gasteiger partial charge in [0.15, 0.2) is 5.69 Å². The first-order chi connectivity index (χ1) is 17.4. The standard InChI is InChI=1S/C25H31F3N4O5/c1-4-18(33)11-6-5-7-12-19(30-21(34)15-32(2)3)22-29-14-20(31-22)16-9-8-10-17(13-16)23(35)37-24(36)25(26,27)28/h8-10,13-14,19H,4-7,11-12,15H2,1-3H3,(H,29,31)(H,30,34)/p+1/t19-/m0/s1. The molecular formula is C25H32F3N4O5+. The third-order valence-corrected chi connectivity index (χ3v) is 5.45. The molecule has 1 atom stereocenters. The Kier molecular flexibility index (Phi) is 11.0. The van der Waals surface area contributed by atoms with E-state index in [0.29, 0.717) is 36.3 Å². The molecule has 0 aliphatic rings. The quantitative estimate of drug-likeness (QED) is 0.235. The number of H-pyrrole nitrogens is 2. The molecule has 1 aromatic carbocycles. The topological polar surface area (TPSA) is 123 Å². The van der Waals surface area contributed by atoms with E-state index in [1.807, 2.05) is 6.92 Å². The summed E-state index contributed by atoms with van der Waals surface area (Å²) in [6, 6.07) is 5.20. The molecule has 0 radical (unpaired) electrons. The number of ketones is 1. The van der Waals surface area contributed by atoms with Crippen molar-refractivity contribution < 1.29 is 42.1 Å². The Morgan fingerprint density at radius 3 is 2.51 bits per heavy atom. The maximum Gasteiger partial charge on any atom is 0.491 e. The zero-order chi connectivity index (χ0) is 27.6. The Hall–Kier alpha value is -3.54. The summed E-state index contributed by atoms with van der Waals surface area (Å²) in [5.74, 6) is -3.39. The molecule has 0 saturated carbocycles. The third-order valence-electron chi connectivity index (χ3n) is 5.45. The van der Waals surface area contributed by atoms with Gasteiger partial charge in [-0.1, -0.05) is 31.9 Å². The van der Waals surface area contributed by atoms with Crippen molar-refractivity contribution in [1.82, 2.24) is 15.2 Å². The molecule has 2 rings (SSSR count). The van der Waals surface area contributed by atoms with Crippen LogP contribution in [-0.4, -0.2) is 60.3 Å². The molecule has 3 N–H and O–H groups in total. The Bertz CT molecular complexity index is 1100. The van der Waals surface area contributed by atoms with E-state index in [0.717, 1.165) is 19.3 Å². The molecule has 0 unspecified atom stereocenters. The van der Waals surface area contributed by atoms with Crippen LogP contribution < -0.4 is 10.3 Å². The number of amides is 1. The minimum atomic E-state index is -5.28. The Morgan fingerprint density at radius 1 is 1.14 bits per heavy atom. The molecule has 0 fully saturated rings. The van der Waals surface area contributed by atoms with Crippen LogP contribution in [0.1, 0.15) is 67.7 Å². The fourth-order valence-electron chi connectivity index (χ4n) is 3.57. The predicted molar refractivity (Wildman–Crippen MR) is 127 cm³/mol. The average molecular weight is 526 g/mol. The molecule has 9 nitrogen and oxygen atoms in total. The molecule has 12 heteroatoms. The number of ether oxygens (including phenoxy) is 1. The highest BCUT2D eigenvalue weighted by Gasteiger charge is 2.42.